The van der Waals surface area contributed by atoms with Gasteiger partial charge in [-0.15, -0.1) is 11.3 Å². The van der Waals surface area contributed by atoms with Crippen LogP contribution in [0, 0.1) is 0 Å². The van der Waals surface area contributed by atoms with Crippen LogP contribution in [0.5, 0.6) is 0 Å². The number of benzene rings is 3. The normalized spacial score (nSPS) is 23.7. The van der Waals surface area contributed by atoms with Crippen molar-refractivity contribution < 1.29 is 4.42 Å². The Kier molecular flexibility index (Phi) is 5.77. The molecular weight excluding hydrogens is 601 g/mol. The summed E-state index contributed by atoms with van der Waals surface area (Å²) in [5.74, 6) is 3.36. The number of thiophene rings is 1. The second-order valence-corrected chi connectivity index (χ2v) is 15.2. The Morgan fingerprint density at radius 1 is 0.596 bits per heavy atom. The van der Waals surface area contributed by atoms with Gasteiger partial charge in [0.15, 0.2) is 0 Å². The molecule has 5 aromatic heterocycles. The smallest absolute Gasteiger partial charge is 0.136 e. The Balaban J connectivity index is 1.01. The van der Waals surface area contributed by atoms with E-state index in [0.717, 1.165) is 60.1 Å². The number of H-pyrrole nitrogens is 2. The minimum Gasteiger partial charge on any atom is -0.456 e. The summed E-state index contributed by atoms with van der Waals surface area (Å²) in [5, 5.41) is 9.58. The molecular formula is C39H36N6OS. The van der Waals surface area contributed by atoms with Gasteiger partial charge in [-0.1, -0.05) is 24.3 Å². The number of aromatic amines is 2. The summed E-state index contributed by atoms with van der Waals surface area (Å²) in [5.41, 5.74) is 12.5. The molecule has 0 radical (unpaired) electrons. The average Bonchev–Trinajstić information content (AvgIpc) is 3.97. The molecule has 2 aliphatic heterocycles. The molecule has 4 bridgehead atoms. The topological polar surface area (TPSA) is 94.6 Å². The van der Waals surface area contributed by atoms with Crippen LogP contribution in [0.2, 0.25) is 0 Å². The minimum atomic E-state index is 0.313. The summed E-state index contributed by atoms with van der Waals surface area (Å²) in [6.45, 7) is 2.13. The van der Waals surface area contributed by atoms with E-state index in [1.54, 1.807) is 11.1 Å². The van der Waals surface area contributed by atoms with Gasteiger partial charge in [-0.05, 0) is 122 Å². The first-order valence-electron chi connectivity index (χ1n) is 17.4. The molecule has 4 atom stereocenters. The zero-order valence-corrected chi connectivity index (χ0v) is 27.0. The highest BCUT2D eigenvalue weighted by atomic mass is 32.1. The van der Waals surface area contributed by atoms with Crippen molar-refractivity contribution in [2.45, 2.75) is 68.9 Å². The van der Waals surface area contributed by atoms with Crippen molar-refractivity contribution in [1.29, 1.82) is 0 Å². The maximum absolute atomic E-state index is 6.39. The molecule has 3 fully saturated rings. The molecule has 2 saturated heterocycles. The highest BCUT2D eigenvalue weighted by Crippen LogP contribution is 2.59. The molecule has 47 heavy (non-hydrogen) atoms. The third-order valence-electron chi connectivity index (χ3n) is 11.5. The Labute approximate surface area is 276 Å². The second-order valence-electron chi connectivity index (χ2n) is 14.1. The predicted octanol–water partition coefficient (Wildman–Crippen LogP) is 9.41. The van der Waals surface area contributed by atoms with E-state index in [2.05, 4.69) is 69.1 Å². The Morgan fingerprint density at radius 3 is 1.91 bits per heavy atom. The van der Waals surface area contributed by atoms with E-state index in [9.17, 15) is 0 Å². The maximum atomic E-state index is 6.39. The largest absolute Gasteiger partial charge is 0.456 e. The number of imidazole rings is 2. The quantitative estimate of drug-likeness (QED) is 0.146. The van der Waals surface area contributed by atoms with Crippen molar-refractivity contribution in [2.24, 2.45) is 0 Å². The molecule has 7 nitrogen and oxygen atoms in total. The van der Waals surface area contributed by atoms with Crippen LogP contribution in [0.4, 0.5) is 0 Å². The zero-order chi connectivity index (χ0) is 30.6. The van der Waals surface area contributed by atoms with E-state index in [1.807, 2.05) is 23.7 Å². The van der Waals surface area contributed by atoms with Crippen molar-refractivity contribution >= 4 is 33.3 Å². The maximum Gasteiger partial charge on any atom is 0.136 e. The monoisotopic (exact) mass is 636 g/mol. The lowest BCUT2D eigenvalue weighted by Gasteiger charge is -2.23. The summed E-state index contributed by atoms with van der Waals surface area (Å²) in [7, 11) is 0. The summed E-state index contributed by atoms with van der Waals surface area (Å²) in [6, 6.07) is 19.0. The van der Waals surface area contributed by atoms with Crippen LogP contribution >= 0.6 is 11.3 Å². The molecule has 0 spiro atoms. The van der Waals surface area contributed by atoms with E-state index in [0.29, 0.717) is 23.9 Å². The van der Waals surface area contributed by atoms with Crippen molar-refractivity contribution in [3.8, 4) is 43.4 Å². The number of nitrogens with one attached hydrogen (secondary N) is 4. The van der Waals surface area contributed by atoms with Crippen LogP contribution in [0.1, 0.15) is 91.6 Å². The first kappa shape index (κ1) is 26.8. The number of rotatable bonds is 6. The molecule has 11 rings (SSSR count). The predicted molar refractivity (Wildman–Crippen MR) is 188 cm³/mol. The van der Waals surface area contributed by atoms with E-state index in [-0.39, 0.29) is 0 Å². The molecule has 2 aliphatic carbocycles. The zero-order valence-electron chi connectivity index (χ0n) is 26.2. The SMILES string of the molecule is c1nc(C2CCCN2)[nH]c1-c1ccc(-c2ccc(-c3ccc(-c4cnc(C5CCCN5)[nH]4)c4c5ccc(o5)c34)c3c2C2CCC3C2)s1. The summed E-state index contributed by atoms with van der Waals surface area (Å²) < 4.78 is 6.39. The van der Waals surface area contributed by atoms with Gasteiger partial charge in [0, 0.05) is 21.2 Å². The first-order valence-corrected chi connectivity index (χ1v) is 18.2. The van der Waals surface area contributed by atoms with Gasteiger partial charge in [0.2, 0.25) is 0 Å². The number of hydrogen-bond donors (Lipinski definition) is 4. The molecule has 1 saturated carbocycles. The molecule has 7 aromatic rings. The Hall–Kier alpha value is -4.24. The van der Waals surface area contributed by atoms with E-state index >= 15 is 0 Å². The van der Waals surface area contributed by atoms with Crippen LogP contribution in [0.15, 0.2) is 65.3 Å². The molecule has 2 aromatic carbocycles. The number of fused-ring (bicyclic) bond motifs is 10. The van der Waals surface area contributed by atoms with Gasteiger partial charge in [0.1, 0.15) is 22.8 Å². The molecule has 7 heterocycles. The third kappa shape index (κ3) is 3.98. The van der Waals surface area contributed by atoms with Gasteiger partial charge >= 0.3 is 0 Å². The summed E-state index contributed by atoms with van der Waals surface area (Å²) >= 11 is 1.89. The highest BCUT2D eigenvalue weighted by Gasteiger charge is 2.41. The fourth-order valence-electron chi connectivity index (χ4n) is 9.39. The van der Waals surface area contributed by atoms with E-state index < -0.39 is 0 Å². The Morgan fingerprint density at radius 2 is 1.19 bits per heavy atom. The highest BCUT2D eigenvalue weighted by molar-refractivity contribution is 7.18. The standard InChI is InChI=1S/C39H36N6OS/c1-3-26(40-15-1)38-42-18-28(44-38)24-9-7-23(36-30-11-12-31(46-30)37(24)36)22-8-10-25(35-21-6-5-20(17-21)34(22)35)32-13-14-33(47-32)29-19-43-39(45-29)27-4-2-16-41-27/h7-14,18-21,26-27,40-41H,1-6,15-17H2,(H,42,44)(H,43,45). The lowest BCUT2D eigenvalue weighted by molar-refractivity contribution is 0.613. The van der Waals surface area contributed by atoms with E-state index in [4.69, 9.17) is 14.4 Å². The van der Waals surface area contributed by atoms with Crippen LogP contribution < -0.4 is 10.6 Å². The van der Waals surface area contributed by atoms with Crippen LogP contribution in [-0.2, 0) is 0 Å². The van der Waals surface area contributed by atoms with Crippen molar-refractivity contribution in [1.82, 2.24) is 30.6 Å². The van der Waals surface area contributed by atoms with Gasteiger partial charge in [0.25, 0.3) is 0 Å². The fourth-order valence-corrected chi connectivity index (χ4v) is 10.4. The minimum absolute atomic E-state index is 0.313. The fraction of sp³-hybridized carbons (Fsp3) is 0.333. The lowest BCUT2D eigenvalue weighted by Crippen LogP contribution is -2.14. The molecule has 0 amide bonds. The lowest BCUT2D eigenvalue weighted by atomic mass is 9.81. The summed E-state index contributed by atoms with van der Waals surface area (Å²) in [6.07, 6.45) is 12.6. The molecule has 4 N–H and O–H groups in total. The van der Waals surface area contributed by atoms with E-state index in [1.165, 1.54) is 74.9 Å². The molecule has 234 valence electrons. The van der Waals surface area contributed by atoms with Gasteiger partial charge in [-0.25, -0.2) is 9.97 Å². The molecule has 4 unspecified atom stereocenters. The average molecular weight is 637 g/mol. The van der Waals surface area contributed by atoms with Gasteiger partial charge in [0.05, 0.1) is 40.7 Å². The number of aromatic nitrogens is 4. The van der Waals surface area contributed by atoms with Gasteiger partial charge in [-0.2, -0.15) is 0 Å². The van der Waals surface area contributed by atoms with Crippen LogP contribution in [-0.4, -0.2) is 33.0 Å². The van der Waals surface area contributed by atoms with Crippen molar-refractivity contribution in [2.75, 3.05) is 13.1 Å². The van der Waals surface area contributed by atoms with Gasteiger partial charge < -0.3 is 25.0 Å². The van der Waals surface area contributed by atoms with Gasteiger partial charge in [-0.3, -0.25) is 0 Å². The van der Waals surface area contributed by atoms with Crippen LogP contribution in [0.25, 0.3) is 65.3 Å². The first-order chi connectivity index (χ1) is 23.3. The number of furan rings is 2. The number of nitrogens with zero attached hydrogens (tertiary/aromatic N) is 2. The number of hydrogen-bond acceptors (Lipinski definition) is 6. The van der Waals surface area contributed by atoms with Crippen molar-refractivity contribution in [3.05, 3.63) is 83.7 Å². The molecule has 4 aliphatic rings. The third-order valence-corrected chi connectivity index (χ3v) is 12.7. The van der Waals surface area contributed by atoms with Crippen molar-refractivity contribution in [3.63, 3.8) is 0 Å². The molecule has 8 heteroatoms. The second kappa shape index (κ2) is 10.1. The van der Waals surface area contributed by atoms with Crippen LogP contribution in [0.3, 0.4) is 0 Å². The Bertz CT molecular complexity index is 2290. The summed E-state index contributed by atoms with van der Waals surface area (Å²) in [4.78, 5) is 19.4.